The number of thiophene rings is 1. The van der Waals surface area contributed by atoms with Gasteiger partial charge in [-0.2, -0.15) is 0 Å². The van der Waals surface area contributed by atoms with Gasteiger partial charge in [0.15, 0.2) is 5.82 Å². The molecule has 10 heteroatoms. The van der Waals surface area contributed by atoms with Crippen LogP contribution in [0.2, 0.25) is 0 Å². The number of methoxy groups -OCH3 is 1. The average molecular weight is 408 g/mol. The standard InChI is InChI=1S/C18H24N4O5S/c1-13-10-15(21-27-13)20-16(23)5-6-18(25)22(11-14-4-3-9-28-14)12-17(24)19-7-8-26-2/h3-4,9-10H,5-8,11-12H2,1-2H3,(H,19,24)(H,20,21,23). The molecular weight excluding hydrogens is 384 g/mol. The van der Waals surface area contributed by atoms with Crippen LogP contribution in [0.25, 0.3) is 0 Å². The highest BCUT2D eigenvalue weighted by Gasteiger charge is 2.19. The van der Waals surface area contributed by atoms with E-state index in [4.69, 9.17) is 9.26 Å². The Balaban J connectivity index is 1.87. The largest absolute Gasteiger partial charge is 0.383 e. The topological polar surface area (TPSA) is 114 Å². The summed E-state index contributed by atoms with van der Waals surface area (Å²) in [6, 6.07) is 5.37. The van der Waals surface area contributed by atoms with E-state index < -0.39 is 0 Å². The highest BCUT2D eigenvalue weighted by atomic mass is 32.1. The van der Waals surface area contributed by atoms with Crippen molar-refractivity contribution in [2.24, 2.45) is 0 Å². The van der Waals surface area contributed by atoms with Crippen LogP contribution in [-0.4, -0.2) is 54.6 Å². The van der Waals surface area contributed by atoms with Gasteiger partial charge in [0.25, 0.3) is 0 Å². The third-order valence-corrected chi connectivity index (χ3v) is 4.56. The summed E-state index contributed by atoms with van der Waals surface area (Å²) in [4.78, 5) is 39.1. The summed E-state index contributed by atoms with van der Waals surface area (Å²) in [5.41, 5.74) is 0. The van der Waals surface area contributed by atoms with Crippen molar-refractivity contribution in [3.63, 3.8) is 0 Å². The van der Waals surface area contributed by atoms with Gasteiger partial charge in [0, 0.05) is 37.4 Å². The Kier molecular flexibility index (Phi) is 8.63. The smallest absolute Gasteiger partial charge is 0.239 e. The second-order valence-electron chi connectivity index (χ2n) is 6.04. The molecule has 0 fully saturated rings. The normalized spacial score (nSPS) is 10.5. The number of carbonyl (C=O) groups is 3. The number of ether oxygens (including phenoxy) is 1. The van der Waals surface area contributed by atoms with E-state index in [1.54, 1.807) is 20.1 Å². The van der Waals surface area contributed by atoms with Gasteiger partial charge in [-0.1, -0.05) is 11.2 Å². The Morgan fingerprint density at radius 3 is 2.75 bits per heavy atom. The van der Waals surface area contributed by atoms with E-state index >= 15 is 0 Å². The highest BCUT2D eigenvalue weighted by molar-refractivity contribution is 7.09. The van der Waals surface area contributed by atoms with Crippen molar-refractivity contribution < 1.29 is 23.6 Å². The fourth-order valence-corrected chi connectivity index (χ4v) is 3.07. The first-order valence-corrected chi connectivity index (χ1v) is 9.65. The Hall–Kier alpha value is -2.72. The van der Waals surface area contributed by atoms with Crippen molar-refractivity contribution in [2.45, 2.75) is 26.3 Å². The molecule has 2 aromatic rings. The molecule has 0 aliphatic heterocycles. The summed E-state index contributed by atoms with van der Waals surface area (Å²) in [7, 11) is 1.55. The second kappa shape index (κ2) is 11.2. The molecule has 28 heavy (non-hydrogen) atoms. The Labute approximate surface area is 167 Å². The maximum absolute atomic E-state index is 12.6. The number of nitrogens with one attached hydrogen (secondary N) is 2. The van der Waals surface area contributed by atoms with Gasteiger partial charge in [0.05, 0.1) is 19.7 Å². The minimum Gasteiger partial charge on any atom is -0.383 e. The van der Waals surface area contributed by atoms with E-state index in [9.17, 15) is 14.4 Å². The number of aryl methyl sites for hydroxylation is 1. The maximum atomic E-state index is 12.6. The number of aromatic nitrogens is 1. The molecule has 0 aliphatic rings. The zero-order chi connectivity index (χ0) is 20.4. The number of carbonyl (C=O) groups excluding carboxylic acids is 3. The van der Waals surface area contributed by atoms with Crippen LogP contribution in [0.3, 0.4) is 0 Å². The number of hydrogen-bond acceptors (Lipinski definition) is 7. The second-order valence-corrected chi connectivity index (χ2v) is 7.08. The summed E-state index contributed by atoms with van der Waals surface area (Å²) in [6.45, 7) is 2.72. The first-order chi connectivity index (χ1) is 13.5. The summed E-state index contributed by atoms with van der Waals surface area (Å²) in [5, 5.41) is 10.9. The highest BCUT2D eigenvalue weighted by Crippen LogP contribution is 2.13. The molecule has 0 unspecified atom stereocenters. The monoisotopic (exact) mass is 408 g/mol. The fourth-order valence-electron chi connectivity index (χ4n) is 2.35. The molecule has 2 N–H and O–H groups in total. The summed E-state index contributed by atoms with van der Waals surface area (Å²) in [5.74, 6) is -0.00980. The molecule has 152 valence electrons. The number of nitrogens with zero attached hydrogens (tertiary/aromatic N) is 2. The Bertz CT molecular complexity index is 775. The Morgan fingerprint density at radius 2 is 2.11 bits per heavy atom. The van der Waals surface area contributed by atoms with Crippen LogP contribution < -0.4 is 10.6 Å². The van der Waals surface area contributed by atoms with Crippen molar-refractivity contribution >= 4 is 34.9 Å². The van der Waals surface area contributed by atoms with Crippen LogP contribution in [0.4, 0.5) is 5.82 Å². The number of amides is 3. The van der Waals surface area contributed by atoms with E-state index in [2.05, 4.69) is 15.8 Å². The van der Waals surface area contributed by atoms with Crippen molar-refractivity contribution in [1.29, 1.82) is 0 Å². The molecule has 0 radical (unpaired) electrons. The molecular formula is C18H24N4O5S. The van der Waals surface area contributed by atoms with Gasteiger partial charge in [-0.25, -0.2) is 0 Å². The minimum atomic E-state index is -0.345. The quantitative estimate of drug-likeness (QED) is 0.546. The average Bonchev–Trinajstić information content (AvgIpc) is 3.31. The van der Waals surface area contributed by atoms with E-state index in [1.165, 1.54) is 16.2 Å². The molecule has 0 saturated carbocycles. The molecule has 3 amide bonds. The molecule has 2 aromatic heterocycles. The van der Waals surface area contributed by atoms with E-state index in [0.717, 1.165) is 4.88 Å². The van der Waals surface area contributed by atoms with Gasteiger partial charge in [0.1, 0.15) is 5.76 Å². The fraction of sp³-hybridized carbons (Fsp3) is 0.444. The predicted octanol–water partition coefficient (Wildman–Crippen LogP) is 1.55. The molecule has 0 bridgehead atoms. The molecule has 2 heterocycles. The molecule has 0 saturated heterocycles. The van der Waals surface area contributed by atoms with Crippen LogP contribution >= 0.6 is 11.3 Å². The summed E-state index contributed by atoms with van der Waals surface area (Å²) < 4.78 is 9.78. The van der Waals surface area contributed by atoms with E-state index in [0.29, 0.717) is 31.3 Å². The molecule has 0 atom stereocenters. The van der Waals surface area contributed by atoms with Gasteiger partial charge < -0.3 is 24.8 Å². The molecule has 0 aromatic carbocycles. The zero-order valence-electron chi connectivity index (χ0n) is 15.9. The van der Waals surface area contributed by atoms with Gasteiger partial charge in [-0.3, -0.25) is 14.4 Å². The van der Waals surface area contributed by atoms with Crippen molar-refractivity contribution in [2.75, 3.05) is 32.1 Å². The third kappa shape index (κ3) is 7.49. The van der Waals surface area contributed by atoms with Crippen LogP contribution in [0.15, 0.2) is 28.1 Å². The molecule has 9 nitrogen and oxygen atoms in total. The van der Waals surface area contributed by atoms with E-state index in [-0.39, 0.29) is 37.1 Å². The number of anilines is 1. The lowest BCUT2D eigenvalue weighted by atomic mass is 10.2. The summed E-state index contributed by atoms with van der Waals surface area (Å²) in [6.07, 6.45) is -0.0314. The van der Waals surface area contributed by atoms with E-state index in [1.807, 2.05) is 17.5 Å². The minimum absolute atomic E-state index is 0.0145. The van der Waals surface area contributed by atoms with Crippen LogP contribution in [0, 0.1) is 6.92 Å². The Morgan fingerprint density at radius 1 is 1.29 bits per heavy atom. The van der Waals surface area contributed by atoms with Crippen LogP contribution in [0.1, 0.15) is 23.5 Å². The van der Waals surface area contributed by atoms with Crippen LogP contribution in [0.5, 0.6) is 0 Å². The van der Waals surface area contributed by atoms with Gasteiger partial charge in [-0.15, -0.1) is 11.3 Å². The molecule has 2 rings (SSSR count). The maximum Gasteiger partial charge on any atom is 0.239 e. The number of rotatable bonds is 11. The van der Waals surface area contributed by atoms with Crippen LogP contribution in [-0.2, 0) is 25.7 Å². The van der Waals surface area contributed by atoms with Crippen molar-refractivity contribution in [1.82, 2.24) is 15.4 Å². The molecule has 0 aliphatic carbocycles. The van der Waals surface area contributed by atoms with Crippen molar-refractivity contribution in [3.05, 3.63) is 34.2 Å². The molecule has 0 spiro atoms. The first kappa shape index (κ1) is 21.6. The lowest BCUT2D eigenvalue weighted by Gasteiger charge is -2.21. The number of hydrogen-bond donors (Lipinski definition) is 2. The van der Waals surface area contributed by atoms with Crippen molar-refractivity contribution in [3.8, 4) is 0 Å². The first-order valence-electron chi connectivity index (χ1n) is 8.77. The zero-order valence-corrected chi connectivity index (χ0v) is 16.7. The van der Waals surface area contributed by atoms with Gasteiger partial charge >= 0.3 is 0 Å². The third-order valence-electron chi connectivity index (χ3n) is 3.70. The summed E-state index contributed by atoms with van der Waals surface area (Å²) >= 11 is 1.50. The van der Waals surface area contributed by atoms with Gasteiger partial charge in [-0.05, 0) is 18.4 Å². The SMILES string of the molecule is COCCNC(=O)CN(Cc1cccs1)C(=O)CCC(=O)Nc1cc(C)on1. The predicted molar refractivity (Wildman–Crippen MR) is 104 cm³/mol. The lowest BCUT2D eigenvalue weighted by Crippen LogP contribution is -2.41. The van der Waals surface area contributed by atoms with Gasteiger partial charge in [0.2, 0.25) is 17.7 Å². The lowest BCUT2D eigenvalue weighted by molar-refractivity contribution is -0.137.